The van der Waals surface area contributed by atoms with Gasteiger partial charge in [0.1, 0.15) is 0 Å². The predicted molar refractivity (Wildman–Crippen MR) is 133 cm³/mol. The van der Waals surface area contributed by atoms with Crippen LogP contribution >= 0.6 is 0 Å². The van der Waals surface area contributed by atoms with Gasteiger partial charge in [-0.25, -0.2) is 17.6 Å². The maximum Gasteiger partial charge on any atom is 0.174 e. The van der Waals surface area contributed by atoms with E-state index in [2.05, 4.69) is 24.5 Å². The minimum absolute atomic E-state index is 0.00493. The first-order valence-electron chi connectivity index (χ1n) is 12.6. The molecule has 0 saturated heterocycles. The van der Waals surface area contributed by atoms with Crippen LogP contribution in [0, 0.1) is 52.9 Å². The summed E-state index contributed by atoms with van der Waals surface area (Å²) >= 11 is 0. The van der Waals surface area contributed by atoms with Crippen molar-refractivity contribution in [1.82, 2.24) is 0 Å². The molecule has 2 saturated carbocycles. The third kappa shape index (κ3) is 5.56. The van der Waals surface area contributed by atoms with Gasteiger partial charge in [0.25, 0.3) is 0 Å². The molecule has 0 heterocycles. The Bertz CT molecular complexity index is 1170. The van der Waals surface area contributed by atoms with Gasteiger partial charge in [0.05, 0.1) is 11.1 Å². The third-order valence-electron chi connectivity index (χ3n) is 7.85. The number of aryl methyl sites for hydroxylation is 1. The van der Waals surface area contributed by atoms with E-state index >= 15 is 4.39 Å². The van der Waals surface area contributed by atoms with Crippen LogP contribution in [0.5, 0.6) is 0 Å². The number of hydrogen-bond donors (Lipinski definition) is 0. The predicted octanol–water partition coefficient (Wildman–Crippen LogP) is 8.64. The SMILES string of the molecule is C=CC1CCC2CC(c3ccc(C#Cc4ccc(CC/C=C/C)c(F)c4F)c(F)c3F)CCC2C1. The highest BCUT2D eigenvalue weighted by molar-refractivity contribution is 5.46. The summed E-state index contributed by atoms with van der Waals surface area (Å²) < 4.78 is 58.8. The molecule has 0 bridgehead atoms. The molecule has 0 radical (unpaired) electrons. The largest absolute Gasteiger partial charge is 0.203 e. The molecular formula is C31H32F4. The van der Waals surface area contributed by atoms with E-state index in [-0.39, 0.29) is 22.6 Å². The Labute approximate surface area is 206 Å². The lowest BCUT2D eigenvalue weighted by Gasteiger charge is -2.41. The molecule has 0 aliphatic heterocycles. The highest BCUT2D eigenvalue weighted by Crippen LogP contribution is 2.48. The van der Waals surface area contributed by atoms with E-state index in [0.717, 1.165) is 38.5 Å². The first-order valence-corrected chi connectivity index (χ1v) is 12.6. The van der Waals surface area contributed by atoms with Crippen molar-refractivity contribution < 1.29 is 17.6 Å². The Morgan fingerprint density at radius 2 is 1.49 bits per heavy atom. The molecule has 0 spiro atoms. The Hall–Kier alpha value is -2.80. The number of benzene rings is 2. The van der Waals surface area contributed by atoms with Crippen molar-refractivity contribution >= 4 is 0 Å². The Kier molecular flexibility index (Phi) is 8.16. The lowest BCUT2D eigenvalue weighted by molar-refractivity contribution is 0.132. The minimum Gasteiger partial charge on any atom is -0.203 e. The van der Waals surface area contributed by atoms with Crippen LogP contribution in [0.2, 0.25) is 0 Å². The van der Waals surface area contributed by atoms with Crippen LogP contribution in [0.3, 0.4) is 0 Å². The molecule has 2 aliphatic carbocycles. The summed E-state index contributed by atoms with van der Waals surface area (Å²) in [5.74, 6) is 2.86. The summed E-state index contributed by atoms with van der Waals surface area (Å²) in [6.45, 7) is 5.80. The lowest BCUT2D eigenvalue weighted by atomic mass is 9.64. The van der Waals surface area contributed by atoms with E-state index in [9.17, 15) is 13.2 Å². The fraction of sp³-hybridized carbons (Fsp3) is 0.419. The van der Waals surface area contributed by atoms with E-state index in [1.165, 1.54) is 18.2 Å². The van der Waals surface area contributed by atoms with Crippen molar-refractivity contribution in [2.45, 2.75) is 64.2 Å². The smallest absolute Gasteiger partial charge is 0.174 e. The molecule has 2 fully saturated rings. The van der Waals surface area contributed by atoms with E-state index in [4.69, 9.17) is 0 Å². The van der Waals surface area contributed by atoms with Crippen molar-refractivity contribution in [3.05, 3.63) is 94.6 Å². The minimum atomic E-state index is -1.06. The Morgan fingerprint density at radius 1 is 0.829 bits per heavy atom. The van der Waals surface area contributed by atoms with Crippen LogP contribution < -0.4 is 0 Å². The average molecular weight is 481 g/mol. The van der Waals surface area contributed by atoms with E-state index in [1.54, 1.807) is 6.07 Å². The first-order chi connectivity index (χ1) is 16.9. The van der Waals surface area contributed by atoms with Gasteiger partial charge >= 0.3 is 0 Å². The zero-order valence-corrected chi connectivity index (χ0v) is 20.2. The standard InChI is InChI=1S/C31H32F4/c1-3-5-6-7-21-10-11-22(29(33)28(21)32)12-13-23-16-17-27(31(35)30(23)34)26-15-14-24-18-20(4-2)8-9-25(24)19-26/h3-5,10-11,16-17,20,24-26H,2,6-9,14-15,18-19H2,1H3/b5-3+. The average Bonchev–Trinajstić information content (AvgIpc) is 2.88. The van der Waals surface area contributed by atoms with Crippen LogP contribution in [-0.4, -0.2) is 0 Å². The highest BCUT2D eigenvalue weighted by atomic mass is 19.2. The second-order valence-corrected chi connectivity index (χ2v) is 9.93. The molecule has 4 atom stereocenters. The molecule has 0 nitrogen and oxygen atoms in total. The number of allylic oxidation sites excluding steroid dienone is 3. The van der Waals surface area contributed by atoms with Gasteiger partial charge in [-0.1, -0.05) is 42.2 Å². The number of rotatable bonds is 5. The molecule has 35 heavy (non-hydrogen) atoms. The summed E-state index contributed by atoms with van der Waals surface area (Å²) in [5.41, 5.74) is 0.346. The number of fused-ring (bicyclic) bond motifs is 1. The molecule has 2 aromatic carbocycles. The quantitative estimate of drug-likeness (QED) is 0.228. The molecular weight excluding hydrogens is 448 g/mol. The first kappa shape index (κ1) is 25.3. The Balaban J connectivity index is 1.50. The third-order valence-corrected chi connectivity index (χ3v) is 7.85. The van der Waals surface area contributed by atoms with Gasteiger partial charge < -0.3 is 0 Å². The van der Waals surface area contributed by atoms with E-state index < -0.39 is 23.3 Å². The molecule has 2 aliphatic rings. The zero-order valence-electron chi connectivity index (χ0n) is 20.2. The maximum absolute atomic E-state index is 15.1. The second kappa shape index (κ2) is 11.3. The number of halogens is 4. The second-order valence-electron chi connectivity index (χ2n) is 9.93. The zero-order chi connectivity index (χ0) is 24.9. The molecule has 0 N–H and O–H groups in total. The summed E-state index contributed by atoms with van der Waals surface area (Å²) in [4.78, 5) is 0. The van der Waals surface area contributed by atoms with Gasteiger partial charge in [-0.15, -0.1) is 6.58 Å². The fourth-order valence-corrected chi connectivity index (χ4v) is 5.82. The lowest BCUT2D eigenvalue weighted by Crippen LogP contribution is -2.30. The van der Waals surface area contributed by atoms with Crippen molar-refractivity contribution in [3.63, 3.8) is 0 Å². The van der Waals surface area contributed by atoms with Crippen LogP contribution in [0.25, 0.3) is 0 Å². The monoisotopic (exact) mass is 480 g/mol. The molecule has 2 aromatic rings. The van der Waals surface area contributed by atoms with Gasteiger partial charge in [-0.2, -0.15) is 0 Å². The maximum atomic E-state index is 15.1. The van der Waals surface area contributed by atoms with Crippen molar-refractivity contribution in [1.29, 1.82) is 0 Å². The van der Waals surface area contributed by atoms with E-state index in [1.807, 2.05) is 19.1 Å². The van der Waals surface area contributed by atoms with E-state index in [0.29, 0.717) is 36.2 Å². The summed E-state index contributed by atoms with van der Waals surface area (Å²) in [6.07, 6.45) is 12.9. The summed E-state index contributed by atoms with van der Waals surface area (Å²) in [7, 11) is 0. The molecule has 184 valence electrons. The molecule has 0 aromatic heterocycles. The van der Waals surface area contributed by atoms with Crippen LogP contribution in [-0.2, 0) is 6.42 Å². The van der Waals surface area contributed by atoms with Gasteiger partial charge in [0, 0.05) is 0 Å². The van der Waals surface area contributed by atoms with Crippen molar-refractivity contribution in [3.8, 4) is 11.8 Å². The molecule has 4 unspecified atom stereocenters. The van der Waals surface area contributed by atoms with Crippen molar-refractivity contribution in [2.75, 3.05) is 0 Å². The highest BCUT2D eigenvalue weighted by Gasteiger charge is 2.36. The normalized spacial score (nSPS) is 24.0. The van der Waals surface area contributed by atoms with Gasteiger partial charge in [-0.05, 0) is 105 Å². The molecule has 0 amide bonds. The van der Waals surface area contributed by atoms with Crippen LogP contribution in [0.4, 0.5) is 17.6 Å². The molecule has 4 heteroatoms. The van der Waals surface area contributed by atoms with Gasteiger partial charge in [0.2, 0.25) is 0 Å². The summed E-state index contributed by atoms with van der Waals surface area (Å²) in [6, 6.07) is 5.95. The Morgan fingerprint density at radius 3 is 2.20 bits per heavy atom. The number of hydrogen-bond acceptors (Lipinski definition) is 0. The fourth-order valence-electron chi connectivity index (χ4n) is 5.82. The van der Waals surface area contributed by atoms with Crippen molar-refractivity contribution in [2.24, 2.45) is 17.8 Å². The summed E-state index contributed by atoms with van der Waals surface area (Å²) in [5, 5.41) is 0. The van der Waals surface area contributed by atoms with Gasteiger partial charge in [0.15, 0.2) is 23.3 Å². The van der Waals surface area contributed by atoms with Crippen LogP contribution in [0.1, 0.15) is 80.0 Å². The van der Waals surface area contributed by atoms with Crippen LogP contribution in [0.15, 0.2) is 49.1 Å². The molecule has 4 rings (SSSR count). The topological polar surface area (TPSA) is 0 Å². The van der Waals surface area contributed by atoms with Gasteiger partial charge in [-0.3, -0.25) is 0 Å².